The van der Waals surface area contributed by atoms with E-state index in [4.69, 9.17) is 9.15 Å². The molecule has 0 N–H and O–H groups in total. The number of aromatic nitrogens is 2. The molecule has 0 radical (unpaired) electrons. The Labute approximate surface area is 123 Å². The average molecular weight is 289 g/mol. The molecule has 0 aliphatic rings. The predicted molar refractivity (Wildman–Crippen MR) is 77.3 cm³/mol. The topological polar surface area (TPSA) is 68.5 Å². The normalized spacial score (nSPS) is 10.8. The molecule has 1 aromatic carbocycles. The Morgan fingerprint density at radius 1 is 1.29 bits per heavy atom. The molecule has 0 aliphatic carbocycles. The van der Waals surface area contributed by atoms with Crippen molar-refractivity contribution in [2.24, 2.45) is 0 Å². The quantitative estimate of drug-likeness (QED) is 0.727. The summed E-state index contributed by atoms with van der Waals surface area (Å²) in [7, 11) is 1.89. The maximum absolute atomic E-state index is 11.3. The largest absolute Gasteiger partial charge is 0.466 e. The van der Waals surface area contributed by atoms with E-state index in [1.807, 2.05) is 42.3 Å². The number of carbonyl (C=O) groups is 1. The van der Waals surface area contributed by atoms with Gasteiger partial charge in [-0.1, -0.05) is 18.2 Å². The minimum atomic E-state index is -0.195. The number of carbonyl (C=O) groups excluding carboxylic acids is 1. The third-order valence-electron chi connectivity index (χ3n) is 2.90. The average Bonchev–Trinajstić information content (AvgIpc) is 2.95. The molecule has 21 heavy (non-hydrogen) atoms. The molecule has 2 aromatic rings. The third kappa shape index (κ3) is 4.68. The highest BCUT2D eigenvalue weighted by Gasteiger charge is 2.11. The van der Waals surface area contributed by atoms with Crippen LogP contribution in [-0.4, -0.2) is 41.3 Å². The van der Waals surface area contributed by atoms with Crippen molar-refractivity contribution < 1.29 is 13.9 Å². The van der Waals surface area contributed by atoms with Gasteiger partial charge in [-0.05, 0) is 26.1 Å². The first-order valence-electron chi connectivity index (χ1n) is 6.91. The molecule has 0 amide bonds. The number of nitrogens with zero attached hydrogens (tertiary/aromatic N) is 3. The van der Waals surface area contributed by atoms with Gasteiger partial charge in [0.2, 0.25) is 11.8 Å². The molecule has 0 aliphatic heterocycles. The van der Waals surface area contributed by atoms with E-state index >= 15 is 0 Å². The minimum absolute atomic E-state index is 0.195. The minimum Gasteiger partial charge on any atom is -0.466 e. The van der Waals surface area contributed by atoms with E-state index in [-0.39, 0.29) is 5.97 Å². The SMILES string of the molecule is CCOC(=O)CCN(C)Cc1nnc(-c2ccccc2)o1. The third-order valence-corrected chi connectivity index (χ3v) is 2.90. The summed E-state index contributed by atoms with van der Waals surface area (Å²) in [6.07, 6.45) is 0.351. The van der Waals surface area contributed by atoms with Gasteiger partial charge in [-0.2, -0.15) is 0 Å². The summed E-state index contributed by atoms with van der Waals surface area (Å²) in [5.41, 5.74) is 0.894. The van der Waals surface area contributed by atoms with Crippen LogP contribution in [0.5, 0.6) is 0 Å². The van der Waals surface area contributed by atoms with Crippen molar-refractivity contribution in [1.29, 1.82) is 0 Å². The number of benzene rings is 1. The maximum atomic E-state index is 11.3. The van der Waals surface area contributed by atoms with Crippen LogP contribution >= 0.6 is 0 Å². The van der Waals surface area contributed by atoms with Gasteiger partial charge < -0.3 is 9.15 Å². The fourth-order valence-corrected chi connectivity index (χ4v) is 1.84. The second-order valence-electron chi connectivity index (χ2n) is 4.66. The first-order valence-corrected chi connectivity index (χ1v) is 6.91. The lowest BCUT2D eigenvalue weighted by Crippen LogP contribution is -2.22. The molecular weight excluding hydrogens is 270 g/mol. The summed E-state index contributed by atoms with van der Waals surface area (Å²) < 4.78 is 10.5. The van der Waals surface area contributed by atoms with Gasteiger partial charge in [0.25, 0.3) is 0 Å². The Balaban J connectivity index is 1.86. The van der Waals surface area contributed by atoms with Crippen LogP contribution in [0.25, 0.3) is 11.5 Å². The molecular formula is C15H19N3O3. The molecule has 0 bridgehead atoms. The van der Waals surface area contributed by atoms with Crippen molar-refractivity contribution in [2.75, 3.05) is 20.2 Å². The summed E-state index contributed by atoms with van der Waals surface area (Å²) >= 11 is 0. The second-order valence-corrected chi connectivity index (χ2v) is 4.66. The smallest absolute Gasteiger partial charge is 0.307 e. The Hall–Kier alpha value is -2.21. The van der Waals surface area contributed by atoms with Gasteiger partial charge in [-0.15, -0.1) is 10.2 Å². The van der Waals surface area contributed by atoms with Crippen molar-refractivity contribution in [1.82, 2.24) is 15.1 Å². The van der Waals surface area contributed by atoms with Crippen molar-refractivity contribution in [3.63, 3.8) is 0 Å². The summed E-state index contributed by atoms with van der Waals surface area (Å²) in [4.78, 5) is 13.2. The van der Waals surface area contributed by atoms with Crippen LogP contribution in [0.4, 0.5) is 0 Å². The Bertz CT molecular complexity index is 569. The molecule has 0 spiro atoms. The molecule has 0 fully saturated rings. The van der Waals surface area contributed by atoms with Gasteiger partial charge in [0.05, 0.1) is 19.6 Å². The van der Waals surface area contributed by atoms with E-state index in [1.54, 1.807) is 6.92 Å². The molecule has 1 aromatic heterocycles. The van der Waals surface area contributed by atoms with Crippen LogP contribution in [0.2, 0.25) is 0 Å². The van der Waals surface area contributed by atoms with Gasteiger partial charge in [0.1, 0.15) is 0 Å². The second kappa shape index (κ2) is 7.54. The van der Waals surface area contributed by atoms with Crippen LogP contribution in [0.1, 0.15) is 19.2 Å². The zero-order chi connectivity index (χ0) is 15.1. The van der Waals surface area contributed by atoms with E-state index in [0.29, 0.717) is 37.9 Å². The van der Waals surface area contributed by atoms with E-state index in [1.165, 1.54) is 0 Å². The van der Waals surface area contributed by atoms with Gasteiger partial charge in [-0.3, -0.25) is 9.69 Å². The highest BCUT2D eigenvalue weighted by Crippen LogP contribution is 2.17. The highest BCUT2D eigenvalue weighted by molar-refractivity contribution is 5.69. The molecule has 2 rings (SSSR count). The van der Waals surface area contributed by atoms with Crippen molar-refractivity contribution in [2.45, 2.75) is 19.9 Å². The number of hydrogen-bond donors (Lipinski definition) is 0. The van der Waals surface area contributed by atoms with Gasteiger partial charge in [-0.25, -0.2) is 0 Å². The number of hydrogen-bond acceptors (Lipinski definition) is 6. The van der Waals surface area contributed by atoms with Crippen LogP contribution in [-0.2, 0) is 16.1 Å². The van der Waals surface area contributed by atoms with E-state index in [0.717, 1.165) is 5.56 Å². The molecule has 6 heteroatoms. The fraction of sp³-hybridized carbons (Fsp3) is 0.400. The number of esters is 1. The Kier molecular flexibility index (Phi) is 5.45. The van der Waals surface area contributed by atoms with Crippen LogP contribution in [0.3, 0.4) is 0 Å². The van der Waals surface area contributed by atoms with E-state index in [2.05, 4.69) is 10.2 Å². The standard InChI is InChI=1S/C15H19N3O3/c1-3-20-14(19)9-10-18(2)11-13-16-17-15(21-13)12-7-5-4-6-8-12/h4-8H,3,9-11H2,1-2H3. The van der Waals surface area contributed by atoms with Crippen LogP contribution in [0.15, 0.2) is 34.7 Å². The molecule has 6 nitrogen and oxygen atoms in total. The zero-order valence-electron chi connectivity index (χ0n) is 12.3. The lowest BCUT2D eigenvalue weighted by Gasteiger charge is -2.13. The van der Waals surface area contributed by atoms with Gasteiger partial charge >= 0.3 is 5.97 Å². The Morgan fingerprint density at radius 2 is 2.05 bits per heavy atom. The van der Waals surface area contributed by atoms with Crippen LogP contribution in [0, 0.1) is 0 Å². The first-order chi connectivity index (χ1) is 10.2. The van der Waals surface area contributed by atoms with Gasteiger partial charge in [0.15, 0.2) is 0 Å². The van der Waals surface area contributed by atoms with E-state index in [9.17, 15) is 4.79 Å². The molecule has 112 valence electrons. The molecule has 0 saturated carbocycles. The Morgan fingerprint density at radius 3 is 2.76 bits per heavy atom. The zero-order valence-corrected chi connectivity index (χ0v) is 12.3. The predicted octanol–water partition coefficient (Wildman–Crippen LogP) is 2.12. The first kappa shape index (κ1) is 15.2. The maximum Gasteiger partial charge on any atom is 0.307 e. The van der Waals surface area contributed by atoms with E-state index < -0.39 is 0 Å². The lowest BCUT2D eigenvalue weighted by atomic mass is 10.2. The van der Waals surface area contributed by atoms with Crippen molar-refractivity contribution >= 4 is 5.97 Å². The molecule has 0 atom stereocenters. The monoisotopic (exact) mass is 289 g/mol. The molecule has 0 saturated heterocycles. The number of rotatable bonds is 7. The summed E-state index contributed by atoms with van der Waals surface area (Å²) in [5.74, 6) is 0.837. The lowest BCUT2D eigenvalue weighted by molar-refractivity contribution is -0.143. The fourth-order valence-electron chi connectivity index (χ4n) is 1.84. The molecule has 0 unspecified atom stereocenters. The van der Waals surface area contributed by atoms with Gasteiger partial charge in [0, 0.05) is 12.1 Å². The van der Waals surface area contributed by atoms with Crippen molar-refractivity contribution in [3.8, 4) is 11.5 Å². The number of ether oxygens (including phenoxy) is 1. The summed E-state index contributed by atoms with van der Waals surface area (Å²) in [6.45, 7) is 3.29. The summed E-state index contributed by atoms with van der Waals surface area (Å²) in [6, 6.07) is 9.61. The van der Waals surface area contributed by atoms with Crippen LogP contribution < -0.4 is 0 Å². The van der Waals surface area contributed by atoms with Crippen molar-refractivity contribution in [3.05, 3.63) is 36.2 Å². The summed E-state index contributed by atoms with van der Waals surface area (Å²) in [5, 5.41) is 8.05. The highest BCUT2D eigenvalue weighted by atomic mass is 16.5. The molecule has 1 heterocycles.